The molecule has 0 spiro atoms. The summed E-state index contributed by atoms with van der Waals surface area (Å²) in [5, 5.41) is 14.0. The van der Waals surface area contributed by atoms with Crippen molar-refractivity contribution in [3.63, 3.8) is 0 Å². The molecule has 0 aliphatic heterocycles. The molecule has 0 saturated heterocycles. The highest BCUT2D eigenvalue weighted by molar-refractivity contribution is 6.01. The molecule has 1 unspecified atom stereocenters. The van der Waals surface area contributed by atoms with Crippen LogP contribution < -0.4 is 4.74 Å². The number of ether oxygens (including phenoxy) is 1. The quantitative estimate of drug-likeness (QED) is 0.738. The Morgan fingerprint density at radius 1 is 1.15 bits per heavy atom. The second kappa shape index (κ2) is 7.77. The van der Waals surface area contributed by atoms with E-state index in [0.717, 1.165) is 16.9 Å². The Labute approximate surface area is 152 Å². The number of nitrogens with one attached hydrogen (secondary N) is 1. The maximum Gasteiger partial charge on any atom is 0.254 e. The van der Waals surface area contributed by atoms with Gasteiger partial charge in [0, 0.05) is 30.6 Å². The van der Waals surface area contributed by atoms with Crippen LogP contribution in [0.5, 0.6) is 5.75 Å². The topological polar surface area (TPSA) is 84.0 Å². The SMILES string of the molecule is COc1ccccc1-c1ccccc1C(=O)N(C)CC(C)c1nn[nH]n1. The summed E-state index contributed by atoms with van der Waals surface area (Å²) in [4.78, 5) is 14.7. The van der Waals surface area contributed by atoms with Crippen LogP contribution in [0.3, 0.4) is 0 Å². The fourth-order valence-electron chi connectivity index (χ4n) is 2.93. The molecule has 1 N–H and O–H groups in total. The Hall–Kier alpha value is -3.22. The highest BCUT2D eigenvalue weighted by atomic mass is 16.5. The Balaban J connectivity index is 1.88. The number of tetrazole rings is 1. The van der Waals surface area contributed by atoms with Crippen LogP contribution in [0.25, 0.3) is 11.1 Å². The van der Waals surface area contributed by atoms with Crippen LogP contribution in [0.1, 0.15) is 29.0 Å². The van der Waals surface area contributed by atoms with Crippen molar-refractivity contribution in [1.82, 2.24) is 25.5 Å². The van der Waals surface area contributed by atoms with Gasteiger partial charge in [-0.1, -0.05) is 48.5 Å². The number of hydrogen-bond donors (Lipinski definition) is 1. The minimum atomic E-state index is -0.0677. The second-order valence-electron chi connectivity index (χ2n) is 6.10. The minimum Gasteiger partial charge on any atom is -0.496 e. The lowest BCUT2D eigenvalue weighted by Crippen LogP contribution is -2.31. The van der Waals surface area contributed by atoms with Gasteiger partial charge >= 0.3 is 0 Å². The molecule has 3 aromatic rings. The molecular weight excluding hydrogens is 330 g/mol. The van der Waals surface area contributed by atoms with Crippen LogP contribution in [-0.2, 0) is 0 Å². The minimum absolute atomic E-state index is 0.0267. The molecule has 7 nitrogen and oxygen atoms in total. The molecule has 1 amide bonds. The Bertz CT molecular complexity index is 879. The zero-order chi connectivity index (χ0) is 18.5. The number of amides is 1. The molecule has 0 aliphatic rings. The fourth-order valence-corrected chi connectivity index (χ4v) is 2.93. The molecule has 0 radical (unpaired) electrons. The number of aromatic amines is 1. The summed E-state index contributed by atoms with van der Waals surface area (Å²) >= 11 is 0. The molecule has 1 atom stereocenters. The van der Waals surface area contributed by atoms with Crippen molar-refractivity contribution in [3.8, 4) is 16.9 Å². The van der Waals surface area contributed by atoms with Crippen molar-refractivity contribution in [2.24, 2.45) is 0 Å². The standard InChI is InChI=1S/C19H21N5O2/c1-13(18-20-22-23-21-18)12-24(2)19(25)16-10-5-4-8-14(16)15-9-6-7-11-17(15)26-3/h4-11,13H,12H2,1-3H3,(H,20,21,22,23). The molecular formula is C19H21N5O2. The van der Waals surface area contributed by atoms with Crippen molar-refractivity contribution >= 4 is 5.91 Å². The maximum absolute atomic E-state index is 13.1. The number of nitrogens with zero attached hydrogens (tertiary/aromatic N) is 4. The lowest BCUT2D eigenvalue weighted by Gasteiger charge is -2.22. The third-order valence-corrected chi connectivity index (χ3v) is 4.25. The Morgan fingerprint density at radius 2 is 1.85 bits per heavy atom. The van der Waals surface area contributed by atoms with E-state index >= 15 is 0 Å². The molecule has 26 heavy (non-hydrogen) atoms. The van der Waals surface area contributed by atoms with Crippen LogP contribution >= 0.6 is 0 Å². The summed E-state index contributed by atoms with van der Waals surface area (Å²) in [6.45, 7) is 2.44. The third kappa shape index (κ3) is 3.56. The van der Waals surface area contributed by atoms with Crippen LogP contribution in [-0.4, -0.2) is 52.1 Å². The number of likely N-dealkylation sites (N-methyl/N-ethyl adjacent to an activating group) is 1. The number of H-pyrrole nitrogens is 1. The highest BCUT2D eigenvalue weighted by Crippen LogP contribution is 2.32. The summed E-state index contributed by atoms with van der Waals surface area (Å²) in [5.74, 6) is 1.22. The number of aromatic nitrogens is 4. The van der Waals surface area contributed by atoms with Gasteiger partial charge in [0.05, 0.1) is 7.11 Å². The first-order chi connectivity index (χ1) is 12.6. The van der Waals surface area contributed by atoms with E-state index in [1.807, 2.05) is 55.5 Å². The molecule has 0 fully saturated rings. The van der Waals surface area contributed by atoms with Gasteiger partial charge in [0.15, 0.2) is 5.82 Å². The van der Waals surface area contributed by atoms with E-state index < -0.39 is 0 Å². The van der Waals surface area contributed by atoms with Crippen molar-refractivity contribution in [1.29, 1.82) is 0 Å². The zero-order valence-electron chi connectivity index (χ0n) is 15.0. The Morgan fingerprint density at radius 3 is 2.54 bits per heavy atom. The molecule has 2 aromatic carbocycles. The first-order valence-electron chi connectivity index (χ1n) is 8.33. The number of rotatable bonds is 6. The van der Waals surface area contributed by atoms with E-state index in [2.05, 4.69) is 20.6 Å². The fraction of sp³-hybridized carbons (Fsp3) is 0.263. The maximum atomic E-state index is 13.1. The Kier molecular flexibility index (Phi) is 5.26. The van der Waals surface area contributed by atoms with Gasteiger partial charge in [0.25, 0.3) is 5.91 Å². The predicted molar refractivity (Wildman–Crippen MR) is 98.0 cm³/mol. The first kappa shape index (κ1) is 17.6. The summed E-state index contributed by atoms with van der Waals surface area (Å²) in [7, 11) is 3.40. The lowest BCUT2D eigenvalue weighted by atomic mass is 9.97. The predicted octanol–water partition coefficient (Wildman–Crippen LogP) is 2.75. The molecule has 134 valence electrons. The van der Waals surface area contributed by atoms with Crippen molar-refractivity contribution < 1.29 is 9.53 Å². The zero-order valence-corrected chi connectivity index (χ0v) is 15.0. The number of para-hydroxylation sites is 1. The number of hydrogen-bond acceptors (Lipinski definition) is 5. The molecule has 1 aromatic heterocycles. The number of benzene rings is 2. The van der Waals surface area contributed by atoms with Gasteiger partial charge in [0.2, 0.25) is 0 Å². The average Bonchev–Trinajstić information content (AvgIpc) is 3.22. The normalized spacial score (nSPS) is 11.8. The highest BCUT2D eigenvalue weighted by Gasteiger charge is 2.21. The monoisotopic (exact) mass is 351 g/mol. The van der Waals surface area contributed by atoms with Gasteiger partial charge in [-0.3, -0.25) is 4.79 Å². The largest absolute Gasteiger partial charge is 0.496 e. The molecule has 1 heterocycles. The van der Waals surface area contributed by atoms with Gasteiger partial charge in [-0.05, 0) is 17.7 Å². The molecule has 0 aliphatic carbocycles. The summed E-state index contributed by atoms with van der Waals surface area (Å²) in [6.07, 6.45) is 0. The van der Waals surface area contributed by atoms with E-state index in [1.165, 1.54) is 0 Å². The van der Waals surface area contributed by atoms with Gasteiger partial charge in [-0.25, -0.2) is 0 Å². The molecule has 7 heteroatoms. The van der Waals surface area contributed by atoms with E-state index in [9.17, 15) is 4.79 Å². The van der Waals surface area contributed by atoms with Crippen molar-refractivity contribution in [2.75, 3.05) is 20.7 Å². The number of carbonyl (C=O) groups excluding carboxylic acids is 1. The van der Waals surface area contributed by atoms with E-state index in [0.29, 0.717) is 17.9 Å². The molecule has 3 rings (SSSR count). The summed E-state index contributed by atoms with van der Waals surface area (Å²) in [6, 6.07) is 15.2. The van der Waals surface area contributed by atoms with Gasteiger partial charge in [0.1, 0.15) is 5.75 Å². The number of carbonyl (C=O) groups is 1. The van der Waals surface area contributed by atoms with Crippen LogP contribution in [0.2, 0.25) is 0 Å². The van der Waals surface area contributed by atoms with Crippen LogP contribution in [0.15, 0.2) is 48.5 Å². The third-order valence-electron chi connectivity index (χ3n) is 4.25. The first-order valence-corrected chi connectivity index (χ1v) is 8.33. The summed E-state index contributed by atoms with van der Waals surface area (Å²) < 4.78 is 5.46. The van der Waals surface area contributed by atoms with Crippen LogP contribution in [0.4, 0.5) is 0 Å². The second-order valence-corrected chi connectivity index (χ2v) is 6.10. The van der Waals surface area contributed by atoms with Crippen molar-refractivity contribution in [2.45, 2.75) is 12.8 Å². The van der Waals surface area contributed by atoms with E-state index in [-0.39, 0.29) is 11.8 Å². The summed E-state index contributed by atoms with van der Waals surface area (Å²) in [5.41, 5.74) is 2.35. The van der Waals surface area contributed by atoms with Crippen LogP contribution in [0, 0.1) is 0 Å². The smallest absolute Gasteiger partial charge is 0.254 e. The number of methoxy groups -OCH3 is 1. The lowest BCUT2D eigenvalue weighted by molar-refractivity contribution is 0.0788. The molecule has 0 bridgehead atoms. The van der Waals surface area contributed by atoms with E-state index in [4.69, 9.17) is 4.74 Å². The molecule has 0 saturated carbocycles. The van der Waals surface area contributed by atoms with Gasteiger partial charge in [-0.15, -0.1) is 10.2 Å². The van der Waals surface area contributed by atoms with Gasteiger partial charge in [-0.2, -0.15) is 5.21 Å². The van der Waals surface area contributed by atoms with E-state index in [1.54, 1.807) is 19.1 Å². The van der Waals surface area contributed by atoms with Crippen molar-refractivity contribution in [3.05, 3.63) is 59.9 Å². The van der Waals surface area contributed by atoms with Gasteiger partial charge < -0.3 is 9.64 Å². The average molecular weight is 351 g/mol.